The van der Waals surface area contributed by atoms with Gasteiger partial charge in [0, 0.05) is 12.2 Å². The molecule has 35 heavy (non-hydrogen) atoms. The normalized spacial score (nSPS) is 14.7. The smallest absolute Gasteiger partial charge is 0.261 e. The van der Waals surface area contributed by atoms with Crippen LogP contribution < -0.4 is 15.5 Å². The van der Waals surface area contributed by atoms with Crippen molar-refractivity contribution in [3.05, 3.63) is 82.3 Å². The first-order valence-electron chi connectivity index (χ1n) is 11.9. The highest BCUT2D eigenvalue weighted by atomic mass is 32.1. The average Bonchev–Trinajstić information content (AvgIpc) is 3.43. The lowest BCUT2D eigenvalue weighted by Gasteiger charge is -2.33. The van der Waals surface area contributed by atoms with Crippen LogP contribution in [0.1, 0.15) is 58.9 Å². The summed E-state index contributed by atoms with van der Waals surface area (Å²) in [5.41, 5.74) is 2.25. The Balaban J connectivity index is 1.65. The predicted octanol–water partition coefficient (Wildman–Crippen LogP) is 4.40. The van der Waals surface area contributed by atoms with Crippen LogP contribution in [0.3, 0.4) is 0 Å². The van der Waals surface area contributed by atoms with Crippen molar-refractivity contribution in [2.45, 2.75) is 51.1 Å². The van der Waals surface area contributed by atoms with E-state index in [0.29, 0.717) is 16.1 Å². The molecule has 0 radical (unpaired) electrons. The molecule has 0 saturated heterocycles. The van der Waals surface area contributed by atoms with Crippen molar-refractivity contribution in [1.82, 2.24) is 15.6 Å². The number of thiophene rings is 1. The van der Waals surface area contributed by atoms with Crippen LogP contribution in [-0.4, -0.2) is 35.3 Å². The summed E-state index contributed by atoms with van der Waals surface area (Å²) in [6.45, 7) is 1.73. The minimum atomic E-state index is -0.895. The fraction of sp³-hybridized carbons (Fsp3) is 0.333. The molecule has 0 aliphatic heterocycles. The van der Waals surface area contributed by atoms with Crippen LogP contribution in [0.2, 0.25) is 0 Å². The van der Waals surface area contributed by atoms with Crippen molar-refractivity contribution in [3.63, 3.8) is 0 Å². The maximum atomic E-state index is 13.7. The number of carbonyl (C=O) groups excluding carboxylic acids is 3. The summed E-state index contributed by atoms with van der Waals surface area (Å²) >= 11 is 1.31. The molecule has 0 unspecified atom stereocenters. The largest absolute Gasteiger partial charge is 0.351 e. The number of hydrogen-bond donors (Lipinski definition) is 2. The van der Waals surface area contributed by atoms with Gasteiger partial charge in [-0.2, -0.15) is 0 Å². The van der Waals surface area contributed by atoms with Crippen LogP contribution in [0.4, 0.5) is 5.69 Å². The maximum Gasteiger partial charge on any atom is 0.261 e. The number of amides is 3. The number of anilines is 1. The van der Waals surface area contributed by atoms with Gasteiger partial charge < -0.3 is 10.6 Å². The topological polar surface area (TPSA) is 91.4 Å². The molecule has 0 bridgehead atoms. The van der Waals surface area contributed by atoms with Gasteiger partial charge in [0.15, 0.2) is 0 Å². The van der Waals surface area contributed by atoms with Gasteiger partial charge in [0.1, 0.15) is 6.04 Å². The van der Waals surface area contributed by atoms with Gasteiger partial charge in [-0.15, -0.1) is 11.3 Å². The van der Waals surface area contributed by atoms with Gasteiger partial charge in [-0.05, 0) is 48.9 Å². The van der Waals surface area contributed by atoms with Crippen LogP contribution in [0, 0.1) is 6.92 Å². The quantitative estimate of drug-likeness (QED) is 0.490. The van der Waals surface area contributed by atoms with E-state index in [4.69, 9.17) is 0 Å². The van der Waals surface area contributed by atoms with Crippen LogP contribution in [-0.2, 0) is 9.59 Å². The van der Waals surface area contributed by atoms with E-state index in [1.807, 2.05) is 36.6 Å². The van der Waals surface area contributed by atoms with Gasteiger partial charge in [-0.3, -0.25) is 24.3 Å². The first-order chi connectivity index (χ1) is 17.0. The second-order valence-electron chi connectivity index (χ2n) is 8.79. The molecule has 1 saturated carbocycles. The molecule has 8 heteroatoms. The van der Waals surface area contributed by atoms with E-state index in [2.05, 4.69) is 15.6 Å². The molecule has 7 nitrogen and oxygen atoms in total. The number of rotatable bonds is 8. The molecule has 1 aliphatic rings. The molecular weight excluding hydrogens is 460 g/mol. The van der Waals surface area contributed by atoms with E-state index in [1.165, 1.54) is 22.7 Å². The third-order valence-corrected chi connectivity index (χ3v) is 7.06. The van der Waals surface area contributed by atoms with Crippen molar-refractivity contribution in [2.75, 3.05) is 11.4 Å². The molecule has 2 N–H and O–H groups in total. The fourth-order valence-electron chi connectivity index (χ4n) is 4.36. The number of pyridine rings is 1. The first-order valence-corrected chi connectivity index (χ1v) is 12.8. The first kappa shape index (κ1) is 24.6. The predicted molar refractivity (Wildman–Crippen MR) is 137 cm³/mol. The van der Waals surface area contributed by atoms with E-state index >= 15 is 0 Å². The van der Waals surface area contributed by atoms with E-state index in [1.54, 1.807) is 36.7 Å². The number of carbonyl (C=O) groups is 3. The molecule has 3 amide bonds. The number of nitrogens with zero attached hydrogens (tertiary/aromatic N) is 2. The molecule has 0 spiro atoms. The minimum Gasteiger partial charge on any atom is -0.351 e. The van der Waals surface area contributed by atoms with E-state index in [9.17, 15) is 14.4 Å². The van der Waals surface area contributed by atoms with Crippen LogP contribution in [0.25, 0.3) is 0 Å². The SMILES string of the molecule is Cc1ccc([C@@H](C(=O)NC2CCCCC2)N(C(=O)CNC(=O)c2cccs2)c2cccnc2)cc1. The molecular formula is C27H30N4O3S. The van der Waals surface area contributed by atoms with Crippen LogP contribution in [0.15, 0.2) is 66.3 Å². The van der Waals surface area contributed by atoms with Crippen LogP contribution in [0.5, 0.6) is 0 Å². The summed E-state index contributed by atoms with van der Waals surface area (Å²) in [5.74, 6) is -0.951. The molecule has 1 aromatic carbocycles. The van der Waals surface area contributed by atoms with Gasteiger partial charge in [0.2, 0.25) is 11.8 Å². The summed E-state index contributed by atoms with van der Waals surface area (Å²) < 4.78 is 0. The van der Waals surface area contributed by atoms with Gasteiger partial charge in [0.05, 0.1) is 23.3 Å². The number of aromatic nitrogens is 1. The van der Waals surface area contributed by atoms with Crippen molar-refractivity contribution in [1.29, 1.82) is 0 Å². The Morgan fingerprint density at radius 3 is 2.49 bits per heavy atom. The number of hydrogen-bond acceptors (Lipinski definition) is 5. The third kappa shape index (κ3) is 6.33. The summed E-state index contributed by atoms with van der Waals surface area (Å²) in [6.07, 6.45) is 8.40. The van der Waals surface area contributed by atoms with E-state index < -0.39 is 11.9 Å². The van der Waals surface area contributed by atoms with Gasteiger partial charge >= 0.3 is 0 Å². The molecule has 182 valence electrons. The highest BCUT2D eigenvalue weighted by Crippen LogP contribution is 2.29. The van der Waals surface area contributed by atoms with Crippen molar-refractivity contribution in [3.8, 4) is 0 Å². The molecule has 1 atom stereocenters. The summed E-state index contributed by atoms with van der Waals surface area (Å²) in [7, 11) is 0. The third-order valence-electron chi connectivity index (χ3n) is 6.19. The van der Waals surface area contributed by atoms with Crippen molar-refractivity contribution >= 4 is 34.7 Å². The second kappa shape index (κ2) is 11.8. The van der Waals surface area contributed by atoms with Crippen molar-refractivity contribution < 1.29 is 14.4 Å². The number of nitrogens with one attached hydrogen (secondary N) is 2. The standard InChI is InChI=1S/C27H30N4O3S/c1-19-11-13-20(14-12-19)25(27(34)30-21-7-3-2-4-8-21)31(22-9-5-15-28-17-22)24(32)18-29-26(33)23-10-6-16-35-23/h5-6,9-17,21,25H,2-4,7-8,18H2,1H3,(H,29,33)(H,30,34)/t25-/m0/s1. The summed E-state index contributed by atoms with van der Waals surface area (Å²) in [5, 5.41) is 7.69. The molecule has 2 heterocycles. The van der Waals surface area contributed by atoms with Crippen LogP contribution >= 0.6 is 11.3 Å². The highest BCUT2D eigenvalue weighted by Gasteiger charge is 2.34. The Kier molecular flexibility index (Phi) is 8.26. The second-order valence-corrected chi connectivity index (χ2v) is 9.74. The molecule has 1 aliphatic carbocycles. The Hall–Kier alpha value is -3.52. The lowest BCUT2D eigenvalue weighted by Crippen LogP contribution is -2.49. The Morgan fingerprint density at radius 2 is 1.83 bits per heavy atom. The van der Waals surface area contributed by atoms with Gasteiger partial charge in [0.25, 0.3) is 5.91 Å². The zero-order valence-electron chi connectivity index (χ0n) is 19.8. The molecule has 3 aromatic rings. The Labute approximate surface area is 209 Å². The Morgan fingerprint density at radius 1 is 1.06 bits per heavy atom. The van der Waals surface area contributed by atoms with E-state index in [0.717, 1.165) is 31.2 Å². The summed E-state index contributed by atoms with van der Waals surface area (Å²) in [4.78, 5) is 46.0. The maximum absolute atomic E-state index is 13.7. The Bertz CT molecular complexity index is 1130. The zero-order chi connectivity index (χ0) is 24.6. The minimum absolute atomic E-state index is 0.0913. The zero-order valence-corrected chi connectivity index (χ0v) is 20.6. The lowest BCUT2D eigenvalue weighted by molar-refractivity contribution is -0.127. The van der Waals surface area contributed by atoms with Gasteiger partial charge in [-0.25, -0.2) is 0 Å². The highest BCUT2D eigenvalue weighted by molar-refractivity contribution is 7.12. The van der Waals surface area contributed by atoms with E-state index in [-0.39, 0.29) is 24.4 Å². The van der Waals surface area contributed by atoms with Crippen molar-refractivity contribution in [2.24, 2.45) is 0 Å². The molecule has 4 rings (SSSR count). The lowest BCUT2D eigenvalue weighted by atomic mass is 9.94. The summed E-state index contributed by atoms with van der Waals surface area (Å²) in [6, 6.07) is 13.8. The molecule has 2 aromatic heterocycles. The average molecular weight is 491 g/mol. The number of aryl methyl sites for hydroxylation is 1. The monoisotopic (exact) mass is 490 g/mol. The molecule has 1 fully saturated rings. The fourth-order valence-corrected chi connectivity index (χ4v) is 5.00. The number of benzene rings is 1. The van der Waals surface area contributed by atoms with Gasteiger partial charge in [-0.1, -0.05) is 55.2 Å².